The van der Waals surface area contributed by atoms with Gasteiger partial charge in [-0.05, 0) is 86.0 Å². The zero-order valence-corrected chi connectivity index (χ0v) is 19.8. The lowest BCUT2D eigenvalue weighted by Crippen LogP contribution is -2.17. The molecule has 0 saturated heterocycles. The standard InChI is InChI=1S/C32H30N2/c1-25-13-17-29(18-14-25)33(27-9-5-3-6-10-27)31-21-23-32(24-22-31)34(28-11-7-4-8-12-28)30-19-15-26(2)16-20-30/h3-15,17-24,26H,16H2,1-2H3. The molecule has 34 heavy (non-hydrogen) atoms. The Hall–Kier alpha value is -4.04. The second-order valence-electron chi connectivity index (χ2n) is 8.89. The van der Waals surface area contributed by atoms with Crippen LogP contribution in [-0.2, 0) is 0 Å². The number of nitrogens with zero attached hydrogens (tertiary/aromatic N) is 2. The molecule has 4 aromatic rings. The molecular formula is C32H30N2. The van der Waals surface area contributed by atoms with Crippen molar-refractivity contribution >= 4 is 28.4 Å². The van der Waals surface area contributed by atoms with Crippen LogP contribution < -0.4 is 9.80 Å². The third-order valence-corrected chi connectivity index (χ3v) is 6.24. The van der Waals surface area contributed by atoms with Gasteiger partial charge in [0, 0.05) is 34.1 Å². The van der Waals surface area contributed by atoms with Crippen LogP contribution in [0.2, 0.25) is 0 Å². The summed E-state index contributed by atoms with van der Waals surface area (Å²) < 4.78 is 0. The third kappa shape index (κ3) is 4.67. The monoisotopic (exact) mass is 442 g/mol. The molecule has 4 aromatic carbocycles. The molecule has 0 radical (unpaired) electrons. The normalized spacial score (nSPS) is 15.0. The Kier molecular flexibility index (Phi) is 6.31. The van der Waals surface area contributed by atoms with Crippen molar-refractivity contribution in [3.8, 4) is 0 Å². The van der Waals surface area contributed by atoms with Gasteiger partial charge in [0.05, 0.1) is 0 Å². The maximum Gasteiger partial charge on any atom is 0.0463 e. The smallest absolute Gasteiger partial charge is 0.0463 e. The summed E-state index contributed by atoms with van der Waals surface area (Å²) in [6.07, 6.45) is 7.95. The Morgan fingerprint density at radius 2 is 1.00 bits per heavy atom. The minimum Gasteiger partial charge on any atom is -0.311 e. The van der Waals surface area contributed by atoms with E-state index in [1.165, 1.54) is 16.9 Å². The molecule has 0 spiro atoms. The highest BCUT2D eigenvalue weighted by atomic mass is 15.2. The van der Waals surface area contributed by atoms with Crippen LogP contribution in [0.4, 0.5) is 28.4 Å². The van der Waals surface area contributed by atoms with Crippen LogP contribution in [0, 0.1) is 12.8 Å². The Balaban J connectivity index is 1.54. The van der Waals surface area contributed by atoms with Crippen LogP contribution in [0.3, 0.4) is 0 Å². The summed E-state index contributed by atoms with van der Waals surface area (Å²) >= 11 is 0. The van der Waals surface area contributed by atoms with Crippen molar-refractivity contribution in [1.82, 2.24) is 0 Å². The van der Waals surface area contributed by atoms with E-state index in [4.69, 9.17) is 0 Å². The quantitative estimate of drug-likeness (QED) is 0.294. The van der Waals surface area contributed by atoms with Gasteiger partial charge in [-0.15, -0.1) is 0 Å². The highest BCUT2D eigenvalue weighted by Crippen LogP contribution is 2.38. The lowest BCUT2D eigenvalue weighted by Gasteiger charge is -2.30. The first-order valence-electron chi connectivity index (χ1n) is 11.9. The molecule has 0 heterocycles. The molecule has 5 rings (SSSR count). The Morgan fingerprint density at radius 3 is 1.50 bits per heavy atom. The second-order valence-corrected chi connectivity index (χ2v) is 8.89. The SMILES string of the molecule is Cc1ccc(N(c2ccccc2)c2ccc(N(C3=CCC(C)C=C3)c3ccccc3)cc2)cc1. The fourth-order valence-electron chi connectivity index (χ4n) is 4.38. The van der Waals surface area contributed by atoms with Gasteiger partial charge in [-0.1, -0.05) is 73.2 Å². The third-order valence-electron chi connectivity index (χ3n) is 6.24. The maximum absolute atomic E-state index is 2.34. The zero-order valence-electron chi connectivity index (χ0n) is 19.8. The summed E-state index contributed by atoms with van der Waals surface area (Å²) in [5.74, 6) is 0.581. The topological polar surface area (TPSA) is 6.48 Å². The van der Waals surface area contributed by atoms with Crippen LogP contribution >= 0.6 is 0 Å². The van der Waals surface area contributed by atoms with Gasteiger partial charge in [-0.2, -0.15) is 0 Å². The van der Waals surface area contributed by atoms with Gasteiger partial charge in [0.15, 0.2) is 0 Å². The summed E-state index contributed by atoms with van der Waals surface area (Å²) in [5, 5.41) is 0. The van der Waals surface area contributed by atoms with E-state index in [2.05, 4.69) is 151 Å². The summed E-state index contributed by atoms with van der Waals surface area (Å²) in [6, 6.07) is 38.7. The molecule has 0 fully saturated rings. The summed E-state index contributed by atoms with van der Waals surface area (Å²) in [4.78, 5) is 4.64. The largest absolute Gasteiger partial charge is 0.311 e. The Labute approximate surface area is 203 Å². The van der Waals surface area contributed by atoms with E-state index in [0.29, 0.717) is 5.92 Å². The predicted octanol–water partition coefficient (Wildman–Crippen LogP) is 9.08. The minimum absolute atomic E-state index is 0.581. The van der Waals surface area contributed by atoms with Gasteiger partial charge in [0.2, 0.25) is 0 Å². The summed E-state index contributed by atoms with van der Waals surface area (Å²) in [7, 11) is 0. The number of aryl methyl sites for hydroxylation is 1. The number of hydrogen-bond donors (Lipinski definition) is 0. The molecule has 1 unspecified atom stereocenters. The number of hydrogen-bond acceptors (Lipinski definition) is 2. The Morgan fingerprint density at radius 1 is 0.559 bits per heavy atom. The molecule has 0 saturated carbocycles. The van der Waals surface area contributed by atoms with Crippen LogP contribution in [0.25, 0.3) is 0 Å². The summed E-state index contributed by atoms with van der Waals surface area (Å²) in [6.45, 7) is 4.38. The van der Waals surface area contributed by atoms with Gasteiger partial charge in [0.1, 0.15) is 0 Å². The molecule has 0 amide bonds. The lowest BCUT2D eigenvalue weighted by atomic mass is 10.0. The zero-order chi connectivity index (χ0) is 23.3. The summed E-state index contributed by atoms with van der Waals surface area (Å²) in [5.41, 5.74) is 8.22. The van der Waals surface area contributed by atoms with Crippen molar-refractivity contribution in [2.24, 2.45) is 5.92 Å². The fraction of sp³-hybridized carbons (Fsp3) is 0.125. The van der Waals surface area contributed by atoms with Gasteiger partial charge >= 0.3 is 0 Å². The maximum atomic E-state index is 2.34. The predicted molar refractivity (Wildman–Crippen MR) is 145 cm³/mol. The first-order valence-corrected chi connectivity index (χ1v) is 11.9. The molecule has 0 N–H and O–H groups in total. The molecule has 0 bridgehead atoms. The van der Waals surface area contributed by atoms with Crippen LogP contribution in [-0.4, -0.2) is 0 Å². The van der Waals surface area contributed by atoms with E-state index >= 15 is 0 Å². The lowest BCUT2D eigenvalue weighted by molar-refractivity contribution is 0.728. The van der Waals surface area contributed by atoms with E-state index in [9.17, 15) is 0 Å². The minimum atomic E-state index is 0.581. The van der Waals surface area contributed by atoms with Crippen molar-refractivity contribution in [3.63, 3.8) is 0 Å². The molecular weight excluding hydrogens is 412 g/mol. The van der Waals surface area contributed by atoms with Gasteiger partial charge in [-0.3, -0.25) is 0 Å². The molecule has 168 valence electrons. The van der Waals surface area contributed by atoms with Crippen molar-refractivity contribution in [2.75, 3.05) is 9.80 Å². The number of benzene rings is 4. The number of anilines is 5. The number of rotatable bonds is 6. The molecule has 2 nitrogen and oxygen atoms in total. The van der Waals surface area contributed by atoms with Crippen molar-refractivity contribution < 1.29 is 0 Å². The van der Waals surface area contributed by atoms with Crippen molar-refractivity contribution in [3.05, 3.63) is 139 Å². The molecule has 2 heteroatoms. The van der Waals surface area contributed by atoms with Crippen LogP contribution in [0.1, 0.15) is 18.9 Å². The fourth-order valence-corrected chi connectivity index (χ4v) is 4.38. The van der Waals surface area contributed by atoms with E-state index in [1.54, 1.807) is 0 Å². The average Bonchev–Trinajstić information content (AvgIpc) is 2.89. The van der Waals surface area contributed by atoms with Gasteiger partial charge in [-0.25, -0.2) is 0 Å². The second kappa shape index (κ2) is 9.84. The van der Waals surface area contributed by atoms with Gasteiger partial charge < -0.3 is 9.80 Å². The van der Waals surface area contributed by atoms with Crippen LogP contribution in [0.15, 0.2) is 133 Å². The Bertz CT molecular complexity index is 1270. The first-order chi connectivity index (χ1) is 16.7. The average molecular weight is 443 g/mol. The molecule has 1 atom stereocenters. The molecule has 1 aliphatic carbocycles. The molecule has 1 aliphatic rings. The molecule has 0 aromatic heterocycles. The number of para-hydroxylation sites is 2. The first kappa shape index (κ1) is 21.8. The van der Waals surface area contributed by atoms with E-state index in [-0.39, 0.29) is 0 Å². The number of allylic oxidation sites excluding steroid dienone is 3. The highest BCUT2D eigenvalue weighted by molar-refractivity contribution is 5.79. The molecule has 0 aliphatic heterocycles. The van der Waals surface area contributed by atoms with Gasteiger partial charge in [0.25, 0.3) is 0 Å². The van der Waals surface area contributed by atoms with E-state index < -0.39 is 0 Å². The highest BCUT2D eigenvalue weighted by Gasteiger charge is 2.17. The van der Waals surface area contributed by atoms with E-state index in [0.717, 1.165) is 29.2 Å². The van der Waals surface area contributed by atoms with Crippen molar-refractivity contribution in [1.29, 1.82) is 0 Å². The van der Waals surface area contributed by atoms with Crippen molar-refractivity contribution in [2.45, 2.75) is 20.3 Å². The van der Waals surface area contributed by atoms with E-state index in [1.807, 2.05) is 0 Å². The van der Waals surface area contributed by atoms with Crippen LogP contribution in [0.5, 0.6) is 0 Å².